The third-order valence-corrected chi connectivity index (χ3v) is 10.2. The van der Waals surface area contributed by atoms with E-state index >= 15 is 0 Å². The van der Waals surface area contributed by atoms with Gasteiger partial charge in [-0.3, -0.25) is 0 Å². The molecule has 0 N–H and O–H groups in total. The van der Waals surface area contributed by atoms with Crippen LogP contribution in [0.3, 0.4) is 0 Å². The summed E-state index contributed by atoms with van der Waals surface area (Å²) in [4.78, 5) is 25.0. The van der Waals surface area contributed by atoms with E-state index in [9.17, 15) is 19.8 Å². The van der Waals surface area contributed by atoms with E-state index in [2.05, 4.69) is 23.6 Å². The molecular formula is C44H88N2NiO4. The Morgan fingerprint density at radius 2 is 0.510 bits per heavy atom. The van der Waals surface area contributed by atoms with E-state index in [1.807, 2.05) is 14.1 Å². The molecule has 0 aromatic rings. The van der Waals surface area contributed by atoms with Gasteiger partial charge in [-0.25, -0.2) is 0 Å². The van der Waals surface area contributed by atoms with Gasteiger partial charge in [-0.1, -0.05) is 206 Å². The maximum absolute atomic E-state index is 10.4. The van der Waals surface area contributed by atoms with E-state index in [0.29, 0.717) is 13.1 Å². The average Bonchev–Trinajstić information content (AvgIpc) is 3.09. The van der Waals surface area contributed by atoms with E-state index in [4.69, 9.17) is 0 Å². The maximum Gasteiger partial charge on any atom is 2.00 e. The van der Waals surface area contributed by atoms with Gasteiger partial charge in [-0.15, -0.1) is 0 Å². The summed E-state index contributed by atoms with van der Waals surface area (Å²) in [6, 6.07) is 0. The van der Waals surface area contributed by atoms with Crippen LogP contribution >= 0.6 is 0 Å². The Morgan fingerprint density at radius 1 is 0.333 bits per heavy atom. The quantitative estimate of drug-likeness (QED) is 0.0456. The minimum atomic E-state index is -0.946. The minimum Gasteiger partial charge on any atom is -0.550 e. The molecule has 0 atom stereocenters. The van der Waals surface area contributed by atoms with Gasteiger partial charge in [0.25, 0.3) is 0 Å². The molecule has 0 spiro atoms. The summed E-state index contributed by atoms with van der Waals surface area (Å²) in [5.74, 6) is -1.89. The molecule has 7 heteroatoms. The molecule has 51 heavy (non-hydrogen) atoms. The van der Waals surface area contributed by atoms with Gasteiger partial charge < -0.3 is 29.6 Å². The van der Waals surface area contributed by atoms with E-state index in [1.165, 1.54) is 205 Å². The molecule has 0 aliphatic carbocycles. The first-order valence-electron chi connectivity index (χ1n) is 22.1. The van der Waals surface area contributed by atoms with Crippen molar-refractivity contribution in [1.29, 1.82) is 0 Å². The van der Waals surface area contributed by atoms with Crippen LogP contribution in [0.25, 0.3) is 0 Å². The number of unbranched alkanes of at least 4 members (excludes halogenated alkanes) is 30. The molecule has 0 aromatic carbocycles. The molecule has 0 amide bonds. The van der Waals surface area contributed by atoms with Gasteiger partial charge in [0.15, 0.2) is 0 Å². The SMILES string of the molecule is CCCCCCCCCCCCCCCCCCN(C)CCC(=O)[O-].CCCCCCCCCCCCCCCCCCN(C)CCC(=O)[O-].[Ni+2]. The van der Waals surface area contributed by atoms with Crippen LogP contribution in [0.5, 0.6) is 0 Å². The largest absolute Gasteiger partial charge is 2.00 e. The van der Waals surface area contributed by atoms with Crippen molar-refractivity contribution in [3.63, 3.8) is 0 Å². The van der Waals surface area contributed by atoms with Gasteiger partial charge in [-0.05, 0) is 52.9 Å². The summed E-state index contributed by atoms with van der Waals surface area (Å²) >= 11 is 0. The molecule has 0 radical (unpaired) electrons. The number of carboxylic acids is 2. The summed E-state index contributed by atoms with van der Waals surface area (Å²) in [6.45, 7) is 7.79. The Kier molecular flexibility index (Phi) is 50.8. The topological polar surface area (TPSA) is 86.7 Å². The van der Waals surface area contributed by atoms with Crippen LogP contribution in [0.4, 0.5) is 0 Å². The van der Waals surface area contributed by atoms with Crippen molar-refractivity contribution in [2.45, 2.75) is 232 Å². The fourth-order valence-corrected chi connectivity index (χ4v) is 6.65. The van der Waals surface area contributed by atoms with Crippen molar-refractivity contribution >= 4 is 11.9 Å². The molecule has 0 unspecified atom stereocenters. The summed E-state index contributed by atoms with van der Waals surface area (Å²) in [5.41, 5.74) is 0. The van der Waals surface area contributed by atoms with Crippen LogP contribution in [0.15, 0.2) is 0 Å². The van der Waals surface area contributed by atoms with Gasteiger partial charge in [-0.2, -0.15) is 0 Å². The molecule has 0 saturated heterocycles. The van der Waals surface area contributed by atoms with Crippen LogP contribution in [0.2, 0.25) is 0 Å². The fraction of sp³-hybridized carbons (Fsp3) is 0.955. The number of aliphatic carboxylic acids is 2. The molecule has 0 saturated carbocycles. The summed E-state index contributed by atoms with van der Waals surface area (Å²) in [6.07, 6.45) is 44.7. The third kappa shape index (κ3) is 53.8. The van der Waals surface area contributed by atoms with Crippen molar-refractivity contribution < 1.29 is 36.3 Å². The molecule has 0 bridgehead atoms. The standard InChI is InChI=1S/2C22H45NO2.Ni/c2*1-3-4-5-6-7-8-9-10-11-12-13-14-15-16-17-18-20-23(2)21-19-22(24)25;/h2*3-21H2,1-2H3,(H,24,25);/q;;+2/p-2. The molecule has 0 fully saturated rings. The number of carbonyl (C=O) groups is 2. The molecule has 0 heterocycles. The van der Waals surface area contributed by atoms with E-state index in [0.717, 1.165) is 13.1 Å². The van der Waals surface area contributed by atoms with Crippen LogP contribution in [0, 0.1) is 0 Å². The van der Waals surface area contributed by atoms with Crippen molar-refractivity contribution in [2.24, 2.45) is 0 Å². The van der Waals surface area contributed by atoms with Crippen molar-refractivity contribution in [2.75, 3.05) is 40.3 Å². The normalized spacial score (nSPS) is 11.1. The second-order valence-electron chi connectivity index (χ2n) is 15.5. The minimum absolute atomic E-state index is 0. The number of carbonyl (C=O) groups excluding carboxylic acids is 2. The summed E-state index contributed by atoms with van der Waals surface area (Å²) in [5, 5.41) is 20.8. The van der Waals surface area contributed by atoms with Gasteiger partial charge in [0, 0.05) is 25.0 Å². The van der Waals surface area contributed by atoms with Gasteiger partial charge in [0.05, 0.1) is 0 Å². The predicted molar refractivity (Wildman–Crippen MR) is 213 cm³/mol. The monoisotopic (exact) mass is 767 g/mol. The van der Waals surface area contributed by atoms with Crippen molar-refractivity contribution in [3.8, 4) is 0 Å². The zero-order chi connectivity index (χ0) is 37.2. The Morgan fingerprint density at radius 3 is 0.686 bits per heavy atom. The first-order valence-corrected chi connectivity index (χ1v) is 22.1. The molecular weight excluding hydrogens is 679 g/mol. The molecule has 0 aliphatic heterocycles. The van der Waals surface area contributed by atoms with Crippen molar-refractivity contribution in [1.82, 2.24) is 9.80 Å². The molecule has 0 aliphatic rings. The zero-order valence-electron chi connectivity index (χ0n) is 34.7. The number of hydrogen-bond donors (Lipinski definition) is 0. The maximum atomic E-state index is 10.4. The average molecular weight is 768 g/mol. The zero-order valence-corrected chi connectivity index (χ0v) is 35.7. The Hall–Kier alpha value is -0.646. The number of rotatable bonds is 40. The summed E-state index contributed by atoms with van der Waals surface area (Å²) < 4.78 is 0. The molecule has 6 nitrogen and oxygen atoms in total. The molecule has 0 aromatic heterocycles. The summed E-state index contributed by atoms with van der Waals surface area (Å²) in [7, 11) is 3.99. The van der Waals surface area contributed by atoms with E-state index in [1.54, 1.807) is 0 Å². The van der Waals surface area contributed by atoms with Gasteiger partial charge >= 0.3 is 16.5 Å². The van der Waals surface area contributed by atoms with Crippen LogP contribution in [-0.2, 0) is 26.1 Å². The molecule has 0 rings (SSSR count). The second-order valence-corrected chi connectivity index (χ2v) is 15.5. The smallest absolute Gasteiger partial charge is 0.550 e. The van der Waals surface area contributed by atoms with E-state index < -0.39 is 11.9 Å². The Bertz CT molecular complexity index is 626. The molecule has 308 valence electrons. The number of nitrogens with zero attached hydrogens (tertiary/aromatic N) is 2. The van der Waals surface area contributed by atoms with Gasteiger partial charge in [0.2, 0.25) is 0 Å². The fourth-order valence-electron chi connectivity index (χ4n) is 6.65. The third-order valence-electron chi connectivity index (χ3n) is 10.2. The number of hydrogen-bond acceptors (Lipinski definition) is 6. The Balaban J connectivity index is -0.000000886. The first-order chi connectivity index (χ1) is 24.3. The van der Waals surface area contributed by atoms with Gasteiger partial charge in [0.1, 0.15) is 0 Å². The van der Waals surface area contributed by atoms with Crippen LogP contribution < -0.4 is 10.2 Å². The first kappa shape index (κ1) is 54.7. The Labute approximate surface area is 329 Å². The van der Waals surface area contributed by atoms with E-state index in [-0.39, 0.29) is 29.3 Å². The van der Waals surface area contributed by atoms with Crippen molar-refractivity contribution in [3.05, 3.63) is 0 Å². The second kappa shape index (κ2) is 47.4. The van der Waals surface area contributed by atoms with Crippen LogP contribution in [-0.4, -0.2) is 62.0 Å². The number of carboxylic acid groups (broad SMARTS) is 2. The van der Waals surface area contributed by atoms with Crippen LogP contribution in [0.1, 0.15) is 232 Å². The predicted octanol–water partition coefficient (Wildman–Crippen LogP) is 10.6.